The summed E-state index contributed by atoms with van der Waals surface area (Å²) in [5.74, 6) is 1.39. The number of hydrogen-bond donors (Lipinski definition) is 2. The molecule has 4 nitrogen and oxygen atoms in total. The highest BCUT2D eigenvalue weighted by Gasteiger charge is 2.11. The molecule has 0 aromatic heterocycles. The zero-order chi connectivity index (χ0) is 15.0. The summed E-state index contributed by atoms with van der Waals surface area (Å²) in [5, 5.41) is 3.02. The second kappa shape index (κ2) is 8.59. The summed E-state index contributed by atoms with van der Waals surface area (Å²) in [7, 11) is 1.64. The molecule has 2 unspecified atom stereocenters. The molecule has 0 spiro atoms. The molecule has 4 heteroatoms. The van der Waals surface area contributed by atoms with Crippen molar-refractivity contribution in [3.05, 3.63) is 29.8 Å². The Labute approximate surface area is 121 Å². The third kappa shape index (κ3) is 5.61. The van der Waals surface area contributed by atoms with Crippen LogP contribution in [0.1, 0.15) is 44.7 Å². The lowest BCUT2D eigenvalue weighted by molar-refractivity contribution is -0.122. The SMILES string of the molecule is COc1cccc(C(C)NC(=O)CCC(C)CCN)c1. The van der Waals surface area contributed by atoms with Crippen LogP contribution in [0.15, 0.2) is 24.3 Å². The van der Waals surface area contributed by atoms with Crippen LogP contribution < -0.4 is 15.8 Å². The van der Waals surface area contributed by atoms with Gasteiger partial charge in [0.05, 0.1) is 13.2 Å². The van der Waals surface area contributed by atoms with Gasteiger partial charge in [0, 0.05) is 6.42 Å². The monoisotopic (exact) mass is 278 g/mol. The van der Waals surface area contributed by atoms with Crippen LogP contribution in [0, 0.1) is 5.92 Å². The molecule has 0 heterocycles. The summed E-state index contributed by atoms with van der Waals surface area (Å²) in [4.78, 5) is 11.9. The summed E-state index contributed by atoms with van der Waals surface area (Å²) in [6, 6.07) is 7.75. The normalized spacial score (nSPS) is 13.6. The van der Waals surface area contributed by atoms with Crippen molar-refractivity contribution in [1.82, 2.24) is 5.32 Å². The van der Waals surface area contributed by atoms with Gasteiger partial charge in [-0.3, -0.25) is 4.79 Å². The van der Waals surface area contributed by atoms with Crippen molar-refractivity contribution in [3.8, 4) is 5.75 Å². The fraction of sp³-hybridized carbons (Fsp3) is 0.562. The summed E-state index contributed by atoms with van der Waals surface area (Å²) < 4.78 is 5.19. The first kappa shape index (κ1) is 16.5. The fourth-order valence-electron chi connectivity index (χ4n) is 2.11. The predicted molar refractivity (Wildman–Crippen MR) is 81.6 cm³/mol. The van der Waals surface area contributed by atoms with E-state index in [0.29, 0.717) is 18.9 Å². The van der Waals surface area contributed by atoms with E-state index in [9.17, 15) is 4.79 Å². The van der Waals surface area contributed by atoms with Gasteiger partial charge in [0.2, 0.25) is 5.91 Å². The number of rotatable bonds is 8. The number of carbonyl (C=O) groups excluding carboxylic acids is 1. The van der Waals surface area contributed by atoms with Crippen LogP contribution in [0.2, 0.25) is 0 Å². The Kier molecular flexibility index (Phi) is 7.09. The molecule has 2 atom stereocenters. The number of carbonyl (C=O) groups is 1. The Morgan fingerprint density at radius 3 is 2.75 bits per heavy atom. The first-order chi connectivity index (χ1) is 9.56. The minimum Gasteiger partial charge on any atom is -0.497 e. The fourth-order valence-corrected chi connectivity index (χ4v) is 2.11. The van der Waals surface area contributed by atoms with Crippen molar-refractivity contribution < 1.29 is 9.53 Å². The maximum absolute atomic E-state index is 11.9. The maximum atomic E-state index is 11.9. The Morgan fingerprint density at radius 1 is 1.35 bits per heavy atom. The van der Waals surface area contributed by atoms with E-state index in [4.69, 9.17) is 10.5 Å². The van der Waals surface area contributed by atoms with Gasteiger partial charge in [-0.25, -0.2) is 0 Å². The second-order valence-electron chi connectivity index (χ2n) is 5.29. The van der Waals surface area contributed by atoms with Crippen molar-refractivity contribution >= 4 is 5.91 Å². The molecule has 1 rings (SSSR count). The Bertz CT molecular complexity index is 421. The van der Waals surface area contributed by atoms with Crippen molar-refractivity contribution in [2.75, 3.05) is 13.7 Å². The van der Waals surface area contributed by atoms with E-state index in [-0.39, 0.29) is 11.9 Å². The van der Waals surface area contributed by atoms with Crippen molar-refractivity contribution in [1.29, 1.82) is 0 Å². The highest BCUT2D eigenvalue weighted by Crippen LogP contribution is 2.19. The van der Waals surface area contributed by atoms with E-state index in [1.54, 1.807) is 7.11 Å². The summed E-state index contributed by atoms with van der Waals surface area (Å²) in [5.41, 5.74) is 6.56. The van der Waals surface area contributed by atoms with E-state index in [0.717, 1.165) is 24.2 Å². The molecule has 0 bridgehead atoms. The molecule has 0 aliphatic carbocycles. The predicted octanol–water partition coefficient (Wildman–Crippen LogP) is 2.64. The lowest BCUT2D eigenvalue weighted by Crippen LogP contribution is -2.26. The lowest BCUT2D eigenvalue weighted by atomic mass is 10.0. The van der Waals surface area contributed by atoms with Crippen molar-refractivity contribution in [2.24, 2.45) is 11.7 Å². The molecular formula is C16H26N2O2. The van der Waals surface area contributed by atoms with E-state index in [1.807, 2.05) is 31.2 Å². The number of benzene rings is 1. The molecule has 0 fully saturated rings. The third-order valence-electron chi connectivity index (χ3n) is 3.49. The highest BCUT2D eigenvalue weighted by atomic mass is 16.5. The minimum atomic E-state index is -0.0117. The number of amides is 1. The summed E-state index contributed by atoms with van der Waals surface area (Å²) in [6.45, 7) is 4.80. The van der Waals surface area contributed by atoms with Gasteiger partial charge in [-0.1, -0.05) is 19.1 Å². The number of ether oxygens (including phenoxy) is 1. The van der Waals surface area contributed by atoms with Crippen LogP contribution in [0.3, 0.4) is 0 Å². The molecule has 1 aromatic carbocycles. The number of methoxy groups -OCH3 is 1. The third-order valence-corrected chi connectivity index (χ3v) is 3.49. The van der Waals surface area contributed by atoms with Crippen LogP contribution >= 0.6 is 0 Å². The van der Waals surface area contributed by atoms with Crippen molar-refractivity contribution in [2.45, 2.75) is 39.2 Å². The number of nitrogens with one attached hydrogen (secondary N) is 1. The largest absolute Gasteiger partial charge is 0.497 e. The van der Waals surface area contributed by atoms with Gasteiger partial charge in [0.1, 0.15) is 5.75 Å². The molecule has 20 heavy (non-hydrogen) atoms. The topological polar surface area (TPSA) is 64.3 Å². The average molecular weight is 278 g/mol. The van der Waals surface area contributed by atoms with Crippen LogP contribution in [0.25, 0.3) is 0 Å². The molecule has 0 aliphatic heterocycles. The number of hydrogen-bond acceptors (Lipinski definition) is 3. The first-order valence-corrected chi connectivity index (χ1v) is 7.20. The van der Waals surface area contributed by atoms with E-state index >= 15 is 0 Å². The summed E-state index contributed by atoms with van der Waals surface area (Å²) in [6.07, 6.45) is 2.40. The molecule has 0 radical (unpaired) electrons. The van der Waals surface area contributed by atoms with Gasteiger partial charge in [-0.15, -0.1) is 0 Å². The molecule has 3 N–H and O–H groups in total. The van der Waals surface area contributed by atoms with Gasteiger partial charge >= 0.3 is 0 Å². The highest BCUT2D eigenvalue weighted by molar-refractivity contribution is 5.76. The second-order valence-corrected chi connectivity index (χ2v) is 5.29. The van der Waals surface area contributed by atoms with Crippen LogP contribution in [0.4, 0.5) is 0 Å². The van der Waals surface area contributed by atoms with Gasteiger partial charge in [0.15, 0.2) is 0 Å². The van der Waals surface area contributed by atoms with E-state index in [2.05, 4.69) is 12.2 Å². The van der Waals surface area contributed by atoms with E-state index < -0.39 is 0 Å². The van der Waals surface area contributed by atoms with Crippen LogP contribution in [0.5, 0.6) is 5.75 Å². The zero-order valence-corrected chi connectivity index (χ0v) is 12.7. The smallest absolute Gasteiger partial charge is 0.220 e. The zero-order valence-electron chi connectivity index (χ0n) is 12.7. The van der Waals surface area contributed by atoms with Gasteiger partial charge in [-0.05, 0) is 49.9 Å². The molecule has 0 saturated carbocycles. The number of nitrogens with two attached hydrogens (primary N) is 1. The standard InChI is InChI=1S/C16H26N2O2/c1-12(9-10-17)7-8-16(19)18-13(2)14-5-4-6-15(11-14)20-3/h4-6,11-13H,7-10,17H2,1-3H3,(H,18,19). The molecule has 0 saturated heterocycles. The molecule has 1 aromatic rings. The quantitative estimate of drug-likeness (QED) is 0.768. The summed E-state index contributed by atoms with van der Waals surface area (Å²) >= 11 is 0. The van der Waals surface area contributed by atoms with Crippen LogP contribution in [-0.4, -0.2) is 19.6 Å². The minimum absolute atomic E-state index is 0.0117. The van der Waals surface area contributed by atoms with Crippen LogP contribution in [-0.2, 0) is 4.79 Å². The average Bonchev–Trinajstić information content (AvgIpc) is 2.45. The van der Waals surface area contributed by atoms with E-state index in [1.165, 1.54) is 0 Å². The molecule has 112 valence electrons. The molecule has 0 aliphatic rings. The lowest BCUT2D eigenvalue weighted by Gasteiger charge is -2.16. The van der Waals surface area contributed by atoms with Gasteiger partial charge < -0.3 is 15.8 Å². The Hall–Kier alpha value is -1.55. The first-order valence-electron chi connectivity index (χ1n) is 7.20. The Morgan fingerprint density at radius 2 is 2.10 bits per heavy atom. The van der Waals surface area contributed by atoms with Gasteiger partial charge in [0.25, 0.3) is 0 Å². The van der Waals surface area contributed by atoms with Gasteiger partial charge in [-0.2, -0.15) is 0 Å². The van der Waals surface area contributed by atoms with Crippen molar-refractivity contribution in [3.63, 3.8) is 0 Å². The molecular weight excluding hydrogens is 252 g/mol. The maximum Gasteiger partial charge on any atom is 0.220 e. The Balaban J connectivity index is 2.44. The molecule has 1 amide bonds.